The maximum absolute atomic E-state index is 13.0. The Hall–Kier alpha value is -2.88. The summed E-state index contributed by atoms with van der Waals surface area (Å²) in [5.74, 6) is -1.34. The molecule has 3 aromatic carbocycles. The Balaban J connectivity index is 1.49. The summed E-state index contributed by atoms with van der Waals surface area (Å²) in [6.07, 6.45) is 0. The van der Waals surface area contributed by atoms with Crippen LogP contribution in [0.25, 0.3) is 0 Å². The lowest BCUT2D eigenvalue weighted by Gasteiger charge is -2.17. The van der Waals surface area contributed by atoms with Crippen molar-refractivity contribution in [2.45, 2.75) is 6.92 Å². The van der Waals surface area contributed by atoms with Crippen LogP contribution in [-0.2, 0) is 9.59 Å². The van der Waals surface area contributed by atoms with Crippen molar-refractivity contribution in [1.29, 1.82) is 0 Å². The molecule has 0 unspecified atom stereocenters. The largest absolute Gasteiger partial charge is 0.423 e. The van der Waals surface area contributed by atoms with E-state index in [-0.39, 0.29) is 10.7 Å². The molecule has 1 aliphatic rings. The van der Waals surface area contributed by atoms with Crippen LogP contribution in [0.1, 0.15) is 15.9 Å². The minimum Gasteiger partial charge on any atom is -0.423 e. The van der Waals surface area contributed by atoms with Gasteiger partial charge in [-0.25, -0.2) is 9.69 Å². The summed E-state index contributed by atoms with van der Waals surface area (Å²) in [6, 6.07) is 18.1. The molecule has 9 heteroatoms. The second-order valence-corrected chi connectivity index (χ2v) is 9.17. The van der Waals surface area contributed by atoms with Gasteiger partial charge in [-0.2, -0.15) is 0 Å². The topological polar surface area (TPSA) is 75.7 Å². The molecular formula is C24H15Cl2IN2O4. The maximum atomic E-state index is 13.0. The van der Waals surface area contributed by atoms with E-state index in [1.165, 1.54) is 12.1 Å². The highest BCUT2D eigenvalue weighted by molar-refractivity contribution is 14.1. The number of amides is 2. The second kappa shape index (κ2) is 9.54. The van der Waals surface area contributed by atoms with Gasteiger partial charge in [-0.15, -0.1) is 0 Å². The summed E-state index contributed by atoms with van der Waals surface area (Å²) in [4.78, 5) is 39.1. The summed E-state index contributed by atoms with van der Waals surface area (Å²) >= 11 is 14.2. The average Bonchev–Trinajstić information content (AvgIpc) is 2.99. The third-order valence-corrected chi connectivity index (χ3v) is 6.11. The highest BCUT2D eigenvalue weighted by Crippen LogP contribution is 2.32. The average molecular weight is 593 g/mol. The predicted octanol–water partition coefficient (Wildman–Crippen LogP) is 5.91. The molecule has 0 aromatic heterocycles. The van der Waals surface area contributed by atoms with Crippen molar-refractivity contribution in [3.63, 3.8) is 0 Å². The first-order valence-electron chi connectivity index (χ1n) is 9.64. The zero-order valence-corrected chi connectivity index (χ0v) is 20.7. The summed E-state index contributed by atoms with van der Waals surface area (Å²) in [6.45, 7) is 1.82. The van der Waals surface area contributed by atoms with Crippen molar-refractivity contribution in [1.82, 2.24) is 0 Å². The SMILES string of the molecule is Cc1cc(I)ccc1N1C(=O)C(Cl)=C(Nc2ccc(C(=O)Oc3ccc(Cl)cc3)cc2)C1=O. The first kappa shape index (κ1) is 23.3. The minimum atomic E-state index is -0.600. The van der Waals surface area contributed by atoms with E-state index in [0.717, 1.165) is 14.0 Å². The van der Waals surface area contributed by atoms with Crippen LogP contribution in [0.2, 0.25) is 5.02 Å². The minimum absolute atomic E-state index is 0.0314. The van der Waals surface area contributed by atoms with E-state index in [1.54, 1.807) is 42.5 Å². The Morgan fingerprint density at radius 2 is 1.61 bits per heavy atom. The molecule has 0 atom stereocenters. The monoisotopic (exact) mass is 592 g/mol. The molecule has 0 saturated heterocycles. The quantitative estimate of drug-likeness (QED) is 0.173. The van der Waals surface area contributed by atoms with Gasteiger partial charge in [0.25, 0.3) is 11.8 Å². The predicted molar refractivity (Wildman–Crippen MR) is 136 cm³/mol. The molecule has 6 nitrogen and oxygen atoms in total. The van der Waals surface area contributed by atoms with E-state index in [1.807, 2.05) is 19.1 Å². The molecule has 0 saturated carbocycles. The number of carbonyl (C=O) groups excluding carboxylic acids is 3. The van der Waals surface area contributed by atoms with Gasteiger partial charge in [0.1, 0.15) is 16.5 Å². The fourth-order valence-electron chi connectivity index (χ4n) is 3.20. The Labute approximate surface area is 213 Å². The van der Waals surface area contributed by atoms with Gasteiger partial charge in [0, 0.05) is 14.3 Å². The first-order valence-corrected chi connectivity index (χ1v) is 11.5. The molecule has 4 rings (SSSR count). The summed E-state index contributed by atoms with van der Waals surface area (Å²) < 4.78 is 6.29. The third kappa shape index (κ3) is 4.90. The van der Waals surface area contributed by atoms with Gasteiger partial charge in [0.15, 0.2) is 0 Å². The number of imide groups is 1. The number of rotatable bonds is 5. The van der Waals surface area contributed by atoms with Crippen LogP contribution in [0, 0.1) is 10.5 Å². The maximum Gasteiger partial charge on any atom is 0.343 e. The highest BCUT2D eigenvalue weighted by atomic mass is 127. The number of aryl methyl sites for hydroxylation is 1. The Morgan fingerprint density at radius 1 is 0.939 bits per heavy atom. The molecule has 0 radical (unpaired) electrons. The Kier molecular flexibility index (Phi) is 6.73. The van der Waals surface area contributed by atoms with Gasteiger partial charge in [-0.05, 0) is 102 Å². The molecule has 0 aliphatic carbocycles. The first-order chi connectivity index (χ1) is 15.7. The fraction of sp³-hybridized carbons (Fsp3) is 0.0417. The van der Waals surface area contributed by atoms with Gasteiger partial charge >= 0.3 is 5.97 Å². The summed E-state index contributed by atoms with van der Waals surface area (Å²) in [5, 5.41) is 3.22. The van der Waals surface area contributed by atoms with Gasteiger partial charge < -0.3 is 10.1 Å². The second-order valence-electron chi connectivity index (χ2n) is 7.11. The molecule has 0 spiro atoms. The van der Waals surface area contributed by atoms with Crippen molar-refractivity contribution < 1.29 is 19.1 Å². The van der Waals surface area contributed by atoms with Gasteiger partial charge in [-0.3, -0.25) is 9.59 Å². The van der Waals surface area contributed by atoms with E-state index in [4.69, 9.17) is 27.9 Å². The number of nitrogens with one attached hydrogen (secondary N) is 1. The van der Waals surface area contributed by atoms with Crippen LogP contribution in [-0.4, -0.2) is 17.8 Å². The number of anilines is 2. The van der Waals surface area contributed by atoms with Crippen LogP contribution < -0.4 is 15.0 Å². The number of ether oxygens (including phenoxy) is 1. The third-order valence-electron chi connectivity index (χ3n) is 4.84. The highest BCUT2D eigenvalue weighted by Gasteiger charge is 2.39. The lowest BCUT2D eigenvalue weighted by Crippen LogP contribution is -2.32. The number of hydrogen-bond acceptors (Lipinski definition) is 5. The Bertz CT molecular complexity index is 1310. The van der Waals surface area contributed by atoms with Crippen molar-refractivity contribution in [3.8, 4) is 5.75 Å². The van der Waals surface area contributed by atoms with Crippen LogP contribution >= 0.6 is 45.8 Å². The van der Waals surface area contributed by atoms with E-state index in [9.17, 15) is 14.4 Å². The molecule has 0 fully saturated rings. The van der Waals surface area contributed by atoms with Crippen molar-refractivity contribution in [2.24, 2.45) is 0 Å². The molecule has 3 aromatic rings. The molecular weight excluding hydrogens is 578 g/mol. The molecule has 1 aliphatic heterocycles. The lowest BCUT2D eigenvalue weighted by molar-refractivity contribution is -0.120. The summed E-state index contributed by atoms with van der Waals surface area (Å²) in [7, 11) is 0. The number of benzene rings is 3. The zero-order valence-electron chi connectivity index (χ0n) is 17.1. The number of carbonyl (C=O) groups is 3. The van der Waals surface area contributed by atoms with E-state index < -0.39 is 17.8 Å². The normalized spacial score (nSPS) is 13.5. The van der Waals surface area contributed by atoms with Crippen LogP contribution in [0.15, 0.2) is 77.5 Å². The van der Waals surface area contributed by atoms with Gasteiger partial charge in [-0.1, -0.05) is 23.2 Å². The number of nitrogens with zero attached hydrogens (tertiary/aromatic N) is 1. The number of hydrogen-bond donors (Lipinski definition) is 1. The van der Waals surface area contributed by atoms with E-state index in [0.29, 0.717) is 27.7 Å². The fourth-order valence-corrected chi connectivity index (χ4v) is 4.19. The van der Waals surface area contributed by atoms with Gasteiger partial charge in [0.05, 0.1) is 11.3 Å². The smallest absolute Gasteiger partial charge is 0.343 e. The Morgan fingerprint density at radius 3 is 2.24 bits per heavy atom. The van der Waals surface area contributed by atoms with Crippen LogP contribution in [0.5, 0.6) is 5.75 Å². The molecule has 1 heterocycles. The molecule has 0 bridgehead atoms. The number of halogens is 3. The van der Waals surface area contributed by atoms with Crippen LogP contribution in [0.3, 0.4) is 0 Å². The van der Waals surface area contributed by atoms with Crippen molar-refractivity contribution >= 4 is 75.0 Å². The van der Waals surface area contributed by atoms with E-state index >= 15 is 0 Å². The molecule has 1 N–H and O–H groups in total. The standard InChI is InChI=1S/C24H15Cl2IN2O4/c1-13-12-16(27)6-11-19(13)29-22(30)20(26)21(23(29)31)28-17-7-2-14(3-8-17)24(32)33-18-9-4-15(25)5-10-18/h2-12,28H,1H3. The number of esters is 1. The molecule has 33 heavy (non-hydrogen) atoms. The van der Waals surface area contributed by atoms with Crippen molar-refractivity contribution in [2.75, 3.05) is 10.2 Å². The van der Waals surface area contributed by atoms with Crippen molar-refractivity contribution in [3.05, 3.63) is 97.2 Å². The molecule has 2 amide bonds. The van der Waals surface area contributed by atoms with E-state index in [2.05, 4.69) is 27.9 Å². The summed E-state index contributed by atoms with van der Waals surface area (Å²) in [5.41, 5.74) is 2.00. The van der Waals surface area contributed by atoms with Crippen LogP contribution in [0.4, 0.5) is 11.4 Å². The van der Waals surface area contributed by atoms with Gasteiger partial charge in [0.2, 0.25) is 0 Å². The molecule has 166 valence electrons. The zero-order chi connectivity index (χ0) is 23.7. The lowest BCUT2D eigenvalue weighted by atomic mass is 10.2.